The van der Waals surface area contributed by atoms with Crippen LogP contribution in [0.4, 0.5) is 0 Å². The molecule has 0 aromatic carbocycles. The van der Waals surface area contributed by atoms with Crippen molar-refractivity contribution in [3.05, 3.63) is 0 Å². The molecule has 1 aliphatic carbocycles. The van der Waals surface area contributed by atoms with E-state index in [-0.39, 0.29) is 0 Å². The molecule has 1 aliphatic rings. The molecule has 0 radical (unpaired) electrons. The Hall–Kier alpha value is -0.970. The van der Waals surface area contributed by atoms with Gasteiger partial charge in [0.25, 0.3) is 0 Å². The summed E-state index contributed by atoms with van der Waals surface area (Å²) in [4.78, 5) is 10.6. The lowest BCUT2D eigenvalue weighted by Crippen LogP contribution is -2.37. The van der Waals surface area contributed by atoms with Crippen LogP contribution in [0.5, 0.6) is 0 Å². The number of rotatable bonds is 2. The fraction of sp³-hybridized carbons (Fsp3) is 0.625. The maximum absolute atomic E-state index is 10.6. The molecule has 1 N–H and O–H groups in total. The third kappa shape index (κ3) is 0.881. The van der Waals surface area contributed by atoms with E-state index >= 15 is 0 Å². The maximum atomic E-state index is 10.6. The van der Waals surface area contributed by atoms with Crippen molar-refractivity contribution < 1.29 is 9.90 Å². The molecule has 0 aromatic heterocycles. The van der Waals surface area contributed by atoms with E-state index in [1.54, 1.807) is 0 Å². The molecule has 2 heteroatoms. The van der Waals surface area contributed by atoms with Crippen molar-refractivity contribution in [1.29, 1.82) is 0 Å². The fourth-order valence-electron chi connectivity index (χ4n) is 1.27. The smallest absolute Gasteiger partial charge is 0.310 e. The Labute approximate surface area is 60.2 Å². The monoisotopic (exact) mass is 138 g/mol. The van der Waals surface area contributed by atoms with E-state index in [4.69, 9.17) is 11.5 Å². The molecule has 0 aliphatic heterocycles. The summed E-state index contributed by atoms with van der Waals surface area (Å²) in [6.45, 7) is 0. The van der Waals surface area contributed by atoms with Gasteiger partial charge in [0.1, 0.15) is 0 Å². The predicted octanol–water partition coefficient (Wildman–Crippen LogP) is 1.26. The molecule has 0 atom stereocenters. The predicted molar refractivity (Wildman–Crippen MR) is 37.4 cm³/mol. The van der Waals surface area contributed by atoms with Gasteiger partial charge < -0.3 is 5.11 Å². The van der Waals surface area contributed by atoms with Crippen molar-refractivity contribution in [2.75, 3.05) is 0 Å². The maximum Gasteiger partial charge on any atom is 0.310 e. The Morgan fingerprint density at radius 1 is 1.70 bits per heavy atom. The van der Waals surface area contributed by atoms with Crippen LogP contribution in [0.2, 0.25) is 0 Å². The van der Waals surface area contributed by atoms with Crippen LogP contribution in [-0.4, -0.2) is 11.1 Å². The normalized spacial score (nSPS) is 20.7. The second-order valence-corrected chi connectivity index (χ2v) is 2.82. The lowest BCUT2D eigenvalue weighted by atomic mass is 9.67. The van der Waals surface area contributed by atoms with Crippen LogP contribution >= 0.6 is 0 Å². The molecule has 1 saturated carbocycles. The van der Waals surface area contributed by atoms with Gasteiger partial charge in [-0.15, -0.1) is 12.3 Å². The van der Waals surface area contributed by atoms with Crippen LogP contribution in [-0.2, 0) is 4.79 Å². The number of terminal acetylenes is 1. The van der Waals surface area contributed by atoms with E-state index in [1.807, 2.05) is 0 Å². The molecular weight excluding hydrogens is 128 g/mol. The van der Waals surface area contributed by atoms with E-state index in [9.17, 15) is 4.79 Å². The largest absolute Gasteiger partial charge is 0.481 e. The minimum atomic E-state index is -0.725. The highest BCUT2D eigenvalue weighted by Crippen LogP contribution is 2.43. The van der Waals surface area contributed by atoms with Crippen LogP contribution in [0, 0.1) is 17.8 Å². The highest BCUT2D eigenvalue weighted by Gasteiger charge is 2.43. The summed E-state index contributed by atoms with van der Waals surface area (Å²) in [6, 6.07) is 0. The average Bonchev–Trinajstić information content (AvgIpc) is 1.77. The third-order valence-corrected chi connectivity index (χ3v) is 2.20. The number of aliphatic carboxylic acids is 1. The first-order valence-corrected chi connectivity index (χ1v) is 3.38. The molecule has 0 amide bonds. The molecule has 0 aromatic rings. The zero-order valence-electron chi connectivity index (χ0n) is 5.76. The van der Waals surface area contributed by atoms with E-state index in [2.05, 4.69) is 5.92 Å². The van der Waals surface area contributed by atoms with Crippen LogP contribution in [0.1, 0.15) is 25.7 Å². The van der Waals surface area contributed by atoms with Gasteiger partial charge in [-0.25, -0.2) is 0 Å². The van der Waals surface area contributed by atoms with E-state index < -0.39 is 11.4 Å². The summed E-state index contributed by atoms with van der Waals surface area (Å²) in [5.74, 6) is 1.69. The first kappa shape index (κ1) is 7.14. The second-order valence-electron chi connectivity index (χ2n) is 2.82. The van der Waals surface area contributed by atoms with Crippen molar-refractivity contribution in [2.45, 2.75) is 25.7 Å². The Kier molecular flexibility index (Phi) is 1.67. The van der Waals surface area contributed by atoms with Gasteiger partial charge in [0.15, 0.2) is 0 Å². The fourth-order valence-corrected chi connectivity index (χ4v) is 1.27. The average molecular weight is 138 g/mol. The number of carboxylic acids is 1. The second kappa shape index (κ2) is 2.34. The van der Waals surface area contributed by atoms with Gasteiger partial charge in [0, 0.05) is 6.42 Å². The van der Waals surface area contributed by atoms with Crippen molar-refractivity contribution in [1.82, 2.24) is 0 Å². The van der Waals surface area contributed by atoms with Crippen LogP contribution in [0.25, 0.3) is 0 Å². The van der Waals surface area contributed by atoms with Crippen molar-refractivity contribution in [3.8, 4) is 12.3 Å². The van der Waals surface area contributed by atoms with Gasteiger partial charge in [-0.05, 0) is 12.8 Å². The van der Waals surface area contributed by atoms with Gasteiger partial charge >= 0.3 is 5.97 Å². The van der Waals surface area contributed by atoms with E-state index in [0.717, 1.165) is 19.3 Å². The minimum Gasteiger partial charge on any atom is -0.481 e. The first-order chi connectivity index (χ1) is 4.71. The summed E-state index contributed by atoms with van der Waals surface area (Å²) < 4.78 is 0. The van der Waals surface area contributed by atoms with Crippen molar-refractivity contribution in [3.63, 3.8) is 0 Å². The molecule has 0 saturated heterocycles. The molecule has 0 unspecified atom stereocenters. The van der Waals surface area contributed by atoms with Gasteiger partial charge in [0.05, 0.1) is 5.41 Å². The van der Waals surface area contributed by atoms with Gasteiger partial charge in [0.2, 0.25) is 0 Å². The van der Waals surface area contributed by atoms with Gasteiger partial charge in [-0.1, -0.05) is 6.42 Å². The van der Waals surface area contributed by atoms with Gasteiger partial charge in [-0.2, -0.15) is 0 Å². The van der Waals surface area contributed by atoms with Crippen LogP contribution in [0.15, 0.2) is 0 Å². The van der Waals surface area contributed by atoms with Gasteiger partial charge in [-0.3, -0.25) is 4.79 Å². The molecule has 1 fully saturated rings. The topological polar surface area (TPSA) is 37.3 Å². The number of carbonyl (C=O) groups is 1. The Balaban J connectivity index is 2.61. The Morgan fingerprint density at radius 2 is 2.30 bits per heavy atom. The van der Waals surface area contributed by atoms with Crippen molar-refractivity contribution in [2.24, 2.45) is 5.41 Å². The highest BCUT2D eigenvalue weighted by atomic mass is 16.4. The molecule has 0 heterocycles. The summed E-state index contributed by atoms with van der Waals surface area (Å²) in [5.41, 5.74) is -0.547. The summed E-state index contributed by atoms with van der Waals surface area (Å²) in [5, 5.41) is 8.72. The molecule has 0 spiro atoms. The molecule has 0 bridgehead atoms. The lowest BCUT2D eigenvalue weighted by molar-refractivity contribution is -0.154. The summed E-state index contributed by atoms with van der Waals surface area (Å²) in [7, 11) is 0. The van der Waals surface area contributed by atoms with Crippen molar-refractivity contribution >= 4 is 5.97 Å². The Morgan fingerprint density at radius 3 is 2.40 bits per heavy atom. The molecule has 1 rings (SSSR count). The molecule has 10 heavy (non-hydrogen) atoms. The van der Waals surface area contributed by atoms with E-state index in [1.165, 1.54) is 0 Å². The zero-order valence-corrected chi connectivity index (χ0v) is 5.76. The highest BCUT2D eigenvalue weighted by molar-refractivity contribution is 5.76. The third-order valence-electron chi connectivity index (χ3n) is 2.20. The lowest BCUT2D eigenvalue weighted by Gasteiger charge is -2.35. The first-order valence-electron chi connectivity index (χ1n) is 3.38. The molecule has 2 nitrogen and oxygen atoms in total. The Bertz CT molecular complexity index is 184. The molecular formula is C8H10O2. The SMILES string of the molecule is C#CCC1(C(=O)O)CCC1. The van der Waals surface area contributed by atoms with Crippen LogP contribution < -0.4 is 0 Å². The standard InChI is InChI=1S/C8H10O2/c1-2-4-8(7(9)10)5-3-6-8/h1H,3-6H2,(H,9,10). The summed E-state index contributed by atoms with van der Waals surface area (Å²) in [6.07, 6.45) is 7.96. The summed E-state index contributed by atoms with van der Waals surface area (Å²) >= 11 is 0. The van der Waals surface area contributed by atoms with Crippen LogP contribution in [0.3, 0.4) is 0 Å². The zero-order chi connectivity index (χ0) is 7.61. The number of carboxylic acid groups (broad SMARTS) is 1. The van der Waals surface area contributed by atoms with E-state index in [0.29, 0.717) is 6.42 Å². The quantitative estimate of drug-likeness (QED) is 0.583. The minimum absolute atomic E-state index is 0.391. The molecule has 54 valence electrons. The number of hydrogen-bond donors (Lipinski definition) is 1. The number of hydrogen-bond acceptors (Lipinski definition) is 1.